The van der Waals surface area contributed by atoms with Gasteiger partial charge < -0.3 is 20.3 Å². The molecule has 1 amide bonds. The van der Waals surface area contributed by atoms with E-state index >= 15 is 0 Å². The molecule has 2 aliphatic rings. The lowest BCUT2D eigenvalue weighted by Crippen LogP contribution is -2.50. The molecular formula is C16H22ClN3O2. The van der Waals surface area contributed by atoms with Crippen molar-refractivity contribution in [1.29, 1.82) is 0 Å². The first-order chi connectivity index (χ1) is 10.8. The van der Waals surface area contributed by atoms with E-state index in [9.17, 15) is 4.79 Å². The van der Waals surface area contributed by atoms with Crippen molar-refractivity contribution in [1.82, 2.24) is 15.5 Å². The highest BCUT2D eigenvalue weighted by Gasteiger charge is 2.30. The molecule has 120 valence electrons. The van der Waals surface area contributed by atoms with Crippen LogP contribution < -0.4 is 10.6 Å². The smallest absolute Gasteiger partial charge is 0.225 e. The topological polar surface area (TPSA) is 53.6 Å². The number of morpholine rings is 1. The van der Waals surface area contributed by atoms with Crippen LogP contribution >= 0.6 is 11.6 Å². The fourth-order valence-electron chi connectivity index (χ4n) is 3.09. The van der Waals surface area contributed by atoms with Gasteiger partial charge in [0.15, 0.2) is 0 Å². The van der Waals surface area contributed by atoms with E-state index in [2.05, 4.69) is 10.6 Å². The SMILES string of the molecule is O=C(CC1CNCCO1)N1CCNCC1c1ccccc1Cl. The summed E-state index contributed by atoms with van der Waals surface area (Å²) in [5, 5.41) is 7.33. The molecule has 2 N–H and O–H groups in total. The highest BCUT2D eigenvalue weighted by molar-refractivity contribution is 6.31. The monoisotopic (exact) mass is 323 g/mol. The van der Waals surface area contributed by atoms with Gasteiger partial charge in [-0.1, -0.05) is 29.8 Å². The number of rotatable bonds is 3. The Bertz CT molecular complexity index is 520. The van der Waals surface area contributed by atoms with E-state index in [-0.39, 0.29) is 18.1 Å². The molecule has 2 fully saturated rings. The van der Waals surface area contributed by atoms with Gasteiger partial charge in [0.1, 0.15) is 0 Å². The molecule has 0 saturated carbocycles. The van der Waals surface area contributed by atoms with Crippen LogP contribution in [0.15, 0.2) is 24.3 Å². The van der Waals surface area contributed by atoms with Gasteiger partial charge in [-0.15, -0.1) is 0 Å². The highest BCUT2D eigenvalue weighted by atomic mass is 35.5. The molecule has 22 heavy (non-hydrogen) atoms. The zero-order chi connectivity index (χ0) is 15.4. The Morgan fingerprint density at radius 1 is 1.27 bits per heavy atom. The van der Waals surface area contributed by atoms with Crippen molar-refractivity contribution in [3.63, 3.8) is 0 Å². The lowest BCUT2D eigenvalue weighted by molar-refractivity contribution is -0.138. The minimum atomic E-state index is -0.0250. The summed E-state index contributed by atoms with van der Waals surface area (Å²) < 4.78 is 5.65. The summed E-state index contributed by atoms with van der Waals surface area (Å²) in [5.41, 5.74) is 1.01. The maximum absolute atomic E-state index is 12.7. The zero-order valence-electron chi connectivity index (χ0n) is 12.6. The number of hydrogen-bond donors (Lipinski definition) is 2. The van der Waals surface area contributed by atoms with Gasteiger partial charge in [-0.3, -0.25) is 4.79 Å². The first kappa shape index (κ1) is 15.7. The Balaban J connectivity index is 1.71. The fraction of sp³-hybridized carbons (Fsp3) is 0.562. The van der Waals surface area contributed by atoms with Crippen LogP contribution in [0.5, 0.6) is 0 Å². The number of nitrogens with zero attached hydrogens (tertiary/aromatic N) is 1. The molecule has 2 saturated heterocycles. The molecule has 5 nitrogen and oxygen atoms in total. The second-order valence-corrected chi connectivity index (χ2v) is 6.14. The van der Waals surface area contributed by atoms with Crippen LogP contribution in [-0.4, -0.2) is 56.2 Å². The van der Waals surface area contributed by atoms with Gasteiger partial charge >= 0.3 is 0 Å². The van der Waals surface area contributed by atoms with Crippen molar-refractivity contribution in [3.05, 3.63) is 34.9 Å². The van der Waals surface area contributed by atoms with Crippen LogP contribution in [0.25, 0.3) is 0 Å². The normalized spacial score (nSPS) is 26.0. The molecular weight excluding hydrogens is 302 g/mol. The lowest BCUT2D eigenvalue weighted by atomic mass is 10.0. The van der Waals surface area contributed by atoms with Crippen LogP contribution in [0.4, 0.5) is 0 Å². The molecule has 6 heteroatoms. The van der Waals surface area contributed by atoms with Crippen LogP contribution in [0.3, 0.4) is 0 Å². The minimum Gasteiger partial charge on any atom is -0.375 e. The van der Waals surface area contributed by atoms with Gasteiger partial charge in [0.25, 0.3) is 0 Å². The number of amides is 1. The fourth-order valence-corrected chi connectivity index (χ4v) is 3.35. The number of carbonyl (C=O) groups excluding carboxylic acids is 1. The number of carbonyl (C=O) groups is 1. The van der Waals surface area contributed by atoms with Crippen molar-refractivity contribution in [2.45, 2.75) is 18.6 Å². The molecule has 0 bridgehead atoms. The molecule has 1 aromatic carbocycles. The predicted octanol–water partition coefficient (Wildman–Crippen LogP) is 1.19. The summed E-state index contributed by atoms with van der Waals surface area (Å²) in [4.78, 5) is 14.6. The second kappa shape index (κ2) is 7.42. The Labute approximate surface area is 136 Å². The molecule has 3 rings (SSSR count). The quantitative estimate of drug-likeness (QED) is 0.877. The Kier molecular flexibility index (Phi) is 5.31. The first-order valence-corrected chi connectivity index (χ1v) is 8.20. The van der Waals surface area contributed by atoms with Crippen molar-refractivity contribution in [2.75, 3.05) is 39.3 Å². The summed E-state index contributed by atoms with van der Waals surface area (Å²) in [6.07, 6.45) is 0.400. The van der Waals surface area contributed by atoms with Crippen LogP contribution in [0.2, 0.25) is 5.02 Å². The van der Waals surface area contributed by atoms with Crippen LogP contribution in [0, 0.1) is 0 Å². The van der Waals surface area contributed by atoms with E-state index < -0.39 is 0 Å². The van der Waals surface area contributed by atoms with E-state index in [1.165, 1.54) is 0 Å². The summed E-state index contributed by atoms with van der Waals surface area (Å²) >= 11 is 6.32. The van der Waals surface area contributed by atoms with E-state index in [0.29, 0.717) is 24.6 Å². The molecule has 2 atom stereocenters. The molecule has 0 radical (unpaired) electrons. The molecule has 2 heterocycles. The first-order valence-electron chi connectivity index (χ1n) is 7.82. The van der Waals surface area contributed by atoms with Crippen molar-refractivity contribution in [3.8, 4) is 0 Å². The van der Waals surface area contributed by atoms with Gasteiger partial charge in [-0.05, 0) is 11.6 Å². The van der Waals surface area contributed by atoms with E-state index in [4.69, 9.17) is 16.3 Å². The average molecular weight is 324 g/mol. The van der Waals surface area contributed by atoms with E-state index in [1.807, 2.05) is 29.2 Å². The minimum absolute atomic E-state index is 0.00787. The number of ether oxygens (including phenoxy) is 1. The van der Waals surface area contributed by atoms with Crippen molar-refractivity contribution < 1.29 is 9.53 Å². The van der Waals surface area contributed by atoms with E-state index in [0.717, 1.165) is 31.7 Å². The summed E-state index contributed by atoms with van der Waals surface area (Å²) in [6, 6.07) is 7.75. The van der Waals surface area contributed by atoms with Crippen LogP contribution in [0.1, 0.15) is 18.0 Å². The molecule has 2 aliphatic heterocycles. The average Bonchev–Trinajstić information content (AvgIpc) is 2.56. The maximum atomic E-state index is 12.7. The van der Waals surface area contributed by atoms with Gasteiger partial charge in [0.2, 0.25) is 5.91 Å². The van der Waals surface area contributed by atoms with Crippen molar-refractivity contribution in [2.24, 2.45) is 0 Å². The predicted molar refractivity (Wildman–Crippen MR) is 86.0 cm³/mol. The van der Waals surface area contributed by atoms with E-state index in [1.54, 1.807) is 0 Å². The number of benzene rings is 1. The number of piperazine rings is 1. The van der Waals surface area contributed by atoms with Gasteiger partial charge in [0, 0.05) is 37.7 Å². The second-order valence-electron chi connectivity index (χ2n) is 5.73. The largest absolute Gasteiger partial charge is 0.375 e. The molecule has 0 spiro atoms. The third-order valence-corrected chi connectivity index (χ3v) is 4.58. The molecule has 1 aromatic rings. The number of hydrogen-bond acceptors (Lipinski definition) is 4. The Morgan fingerprint density at radius 3 is 2.86 bits per heavy atom. The van der Waals surface area contributed by atoms with Crippen molar-refractivity contribution >= 4 is 17.5 Å². The van der Waals surface area contributed by atoms with Gasteiger partial charge in [-0.25, -0.2) is 0 Å². The standard InChI is InChI=1S/C16H22ClN3O2/c17-14-4-2-1-3-13(14)15-11-18-5-7-20(15)16(21)9-12-10-19-6-8-22-12/h1-4,12,15,18-19H,5-11H2. The third-order valence-electron chi connectivity index (χ3n) is 4.23. The van der Waals surface area contributed by atoms with Gasteiger partial charge in [-0.2, -0.15) is 0 Å². The van der Waals surface area contributed by atoms with Crippen LogP contribution in [-0.2, 0) is 9.53 Å². The maximum Gasteiger partial charge on any atom is 0.225 e. The summed E-state index contributed by atoms with van der Waals surface area (Å²) in [6.45, 7) is 4.53. The zero-order valence-corrected chi connectivity index (χ0v) is 13.3. The number of nitrogens with one attached hydrogen (secondary N) is 2. The lowest BCUT2D eigenvalue weighted by Gasteiger charge is -2.38. The summed E-state index contributed by atoms with van der Waals surface area (Å²) in [5.74, 6) is 0.139. The van der Waals surface area contributed by atoms with Gasteiger partial charge in [0.05, 0.1) is 25.2 Å². The highest BCUT2D eigenvalue weighted by Crippen LogP contribution is 2.29. The molecule has 0 aliphatic carbocycles. The Hall–Kier alpha value is -1.14. The molecule has 0 aromatic heterocycles. The third kappa shape index (κ3) is 3.60. The number of halogens is 1. The Morgan fingerprint density at radius 2 is 2.09 bits per heavy atom. The molecule has 2 unspecified atom stereocenters. The summed E-state index contributed by atoms with van der Waals surface area (Å²) in [7, 11) is 0.